The summed E-state index contributed by atoms with van der Waals surface area (Å²) in [6.45, 7) is 2.45. The number of aromatic nitrogens is 1. The van der Waals surface area contributed by atoms with Gasteiger partial charge in [0.15, 0.2) is 0 Å². The average Bonchev–Trinajstić information content (AvgIpc) is 2.49. The Balaban J connectivity index is 1.91. The largest absolute Gasteiger partial charge is 0.348 e. The number of benzene rings is 1. The third kappa shape index (κ3) is 3.90. The molecule has 2 rings (SSSR count). The summed E-state index contributed by atoms with van der Waals surface area (Å²) in [7, 11) is 0. The third-order valence-electron chi connectivity index (χ3n) is 3.13. The average molecular weight is 269 g/mol. The van der Waals surface area contributed by atoms with Gasteiger partial charge in [0.25, 0.3) is 0 Å². The summed E-state index contributed by atoms with van der Waals surface area (Å²) in [5.74, 6) is -0.0105. The first-order valence-corrected chi connectivity index (χ1v) is 6.67. The van der Waals surface area contributed by atoms with E-state index in [4.69, 9.17) is 5.73 Å². The molecule has 1 unspecified atom stereocenters. The fourth-order valence-corrected chi connectivity index (χ4v) is 1.98. The Hall–Kier alpha value is -2.20. The molecule has 0 aliphatic heterocycles. The van der Waals surface area contributed by atoms with Gasteiger partial charge in [0, 0.05) is 12.7 Å². The lowest BCUT2D eigenvalue weighted by Crippen LogP contribution is -2.28. The van der Waals surface area contributed by atoms with E-state index in [1.165, 1.54) is 0 Å². The van der Waals surface area contributed by atoms with Crippen LogP contribution >= 0.6 is 0 Å². The summed E-state index contributed by atoms with van der Waals surface area (Å²) < 4.78 is 0. The van der Waals surface area contributed by atoms with Crippen LogP contribution in [0.3, 0.4) is 0 Å². The van der Waals surface area contributed by atoms with Crippen molar-refractivity contribution in [3.63, 3.8) is 0 Å². The maximum Gasteiger partial charge on any atom is 0.224 e. The molecule has 4 heteroatoms. The van der Waals surface area contributed by atoms with Crippen LogP contribution in [0.25, 0.3) is 0 Å². The van der Waals surface area contributed by atoms with Crippen LogP contribution in [0.2, 0.25) is 0 Å². The van der Waals surface area contributed by atoms with Gasteiger partial charge >= 0.3 is 0 Å². The smallest absolute Gasteiger partial charge is 0.224 e. The molecule has 0 fully saturated rings. The van der Waals surface area contributed by atoms with Gasteiger partial charge in [-0.05, 0) is 30.2 Å². The summed E-state index contributed by atoms with van der Waals surface area (Å²) in [6, 6.07) is 13.4. The lowest BCUT2D eigenvalue weighted by molar-refractivity contribution is -0.121. The van der Waals surface area contributed by atoms with E-state index in [1.54, 1.807) is 6.20 Å². The predicted octanol–water partition coefficient (Wildman–Crippen LogP) is 1.96. The van der Waals surface area contributed by atoms with E-state index in [0.29, 0.717) is 13.0 Å². The lowest BCUT2D eigenvalue weighted by Gasteiger charge is -2.13. The first kappa shape index (κ1) is 14.2. The van der Waals surface area contributed by atoms with Crippen LogP contribution in [0, 0.1) is 0 Å². The van der Waals surface area contributed by atoms with Gasteiger partial charge in [0.2, 0.25) is 5.91 Å². The first-order valence-electron chi connectivity index (χ1n) is 6.67. The molecule has 0 bridgehead atoms. The normalized spacial score (nSPS) is 11.9. The number of carbonyl (C=O) groups is 1. The van der Waals surface area contributed by atoms with Crippen LogP contribution in [0.4, 0.5) is 0 Å². The van der Waals surface area contributed by atoms with Gasteiger partial charge in [0.05, 0.1) is 18.2 Å². The number of rotatable bonds is 5. The molecule has 20 heavy (non-hydrogen) atoms. The number of pyridine rings is 1. The molecule has 1 aromatic heterocycles. The van der Waals surface area contributed by atoms with Crippen LogP contribution in [0.5, 0.6) is 0 Å². The minimum absolute atomic E-state index is 0.0105. The lowest BCUT2D eigenvalue weighted by atomic mass is 10.1. The van der Waals surface area contributed by atoms with Crippen molar-refractivity contribution < 1.29 is 4.79 Å². The zero-order valence-corrected chi connectivity index (χ0v) is 11.5. The van der Waals surface area contributed by atoms with E-state index in [-0.39, 0.29) is 11.9 Å². The van der Waals surface area contributed by atoms with Crippen molar-refractivity contribution in [1.29, 1.82) is 0 Å². The van der Waals surface area contributed by atoms with Crippen molar-refractivity contribution in [2.45, 2.75) is 25.9 Å². The highest BCUT2D eigenvalue weighted by atomic mass is 16.1. The van der Waals surface area contributed by atoms with Gasteiger partial charge in [-0.25, -0.2) is 0 Å². The summed E-state index contributed by atoms with van der Waals surface area (Å²) in [5.41, 5.74) is 8.45. The molecule has 3 N–H and O–H groups in total. The summed E-state index contributed by atoms with van der Waals surface area (Å²) >= 11 is 0. The zero-order chi connectivity index (χ0) is 14.4. The highest BCUT2D eigenvalue weighted by Gasteiger charge is 2.10. The Morgan fingerprint density at radius 3 is 2.50 bits per heavy atom. The van der Waals surface area contributed by atoms with E-state index in [0.717, 1.165) is 16.8 Å². The molecule has 104 valence electrons. The van der Waals surface area contributed by atoms with Crippen LogP contribution in [-0.4, -0.2) is 10.9 Å². The standard InChI is InChI=1S/C16H19N3O/c1-12(15-4-2-3-9-18-15)19-16(20)10-13-5-7-14(11-17)8-6-13/h2-9,12H,10-11,17H2,1H3,(H,19,20). The Morgan fingerprint density at radius 2 is 1.90 bits per heavy atom. The van der Waals surface area contributed by atoms with Crippen molar-refractivity contribution in [3.05, 3.63) is 65.5 Å². The van der Waals surface area contributed by atoms with Crippen molar-refractivity contribution in [1.82, 2.24) is 10.3 Å². The molecule has 4 nitrogen and oxygen atoms in total. The second-order valence-electron chi connectivity index (χ2n) is 4.74. The third-order valence-corrected chi connectivity index (χ3v) is 3.13. The maximum absolute atomic E-state index is 12.0. The number of hydrogen-bond donors (Lipinski definition) is 2. The molecule has 0 saturated carbocycles. The molecular weight excluding hydrogens is 250 g/mol. The molecule has 0 spiro atoms. The van der Waals surface area contributed by atoms with Crippen molar-refractivity contribution in [3.8, 4) is 0 Å². The van der Waals surface area contributed by atoms with E-state index in [9.17, 15) is 4.79 Å². The summed E-state index contributed by atoms with van der Waals surface area (Å²) in [6.07, 6.45) is 2.09. The molecule has 0 saturated heterocycles. The number of nitrogens with one attached hydrogen (secondary N) is 1. The Bertz CT molecular complexity index is 552. The molecule has 1 aromatic carbocycles. The SMILES string of the molecule is CC(NC(=O)Cc1ccc(CN)cc1)c1ccccn1. The number of nitrogens with zero attached hydrogens (tertiary/aromatic N) is 1. The van der Waals surface area contributed by atoms with Crippen LogP contribution in [-0.2, 0) is 17.8 Å². The summed E-state index contributed by atoms with van der Waals surface area (Å²) in [5, 5.41) is 2.95. The second-order valence-corrected chi connectivity index (χ2v) is 4.74. The molecule has 0 aliphatic rings. The van der Waals surface area contributed by atoms with Crippen molar-refractivity contribution >= 4 is 5.91 Å². The first-order chi connectivity index (χ1) is 9.69. The van der Waals surface area contributed by atoms with E-state index in [1.807, 2.05) is 49.4 Å². The van der Waals surface area contributed by atoms with Crippen LogP contribution in [0.1, 0.15) is 29.8 Å². The Labute approximate surface area is 119 Å². The quantitative estimate of drug-likeness (QED) is 0.872. The molecule has 0 radical (unpaired) electrons. The molecule has 0 aliphatic carbocycles. The van der Waals surface area contributed by atoms with Gasteiger partial charge in [-0.15, -0.1) is 0 Å². The number of nitrogens with two attached hydrogens (primary N) is 1. The number of amides is 1. The Kier molecular flexibility index (Phi) is 4.85. The molecule has 1 amide bonds. The number of carbonyl (C=O) groups excluding carboxylic acids is 1. The summed E-state index contributed by atoms with van der Waals surface area (Å²) in [4.78, 5) is 16.2. The second kappa shape index (κ2) is 6.82. The van der Waals surface area contributed by atoms with Crippen molar-refractivity contribution in [2.24, 2.45) is 5.73 Å². The van der Waals surface area contributed by atoms with Gasteiger partial charge in [0.1, 0.15) is 0 Å². The molecule has 1 heterocycles. The van der Waals surface area contributed by atoms with Gasteiger partial charge < -0.3 is 11.1 Å². The highest BCUT2D eigenvalue weighted by Crippen LogP contribution is 2.09. The molecule has 1 atom stereocenters. The highest BCUT2D eigenvalue weighted by molar-refractivity contribution is 5.78. The van der Waals surface area contributed by atoms with Crippen LogP contribution in [0.15, 0.2) is 48.7 Å². The van der Waals surface area contributed by atoms with Gasteiger partial charge in [-0.1, -0.05) is 30.3 Å². The zero-order valence-electron chi connectivity index (χ0n) is 11.5. The van der Waals surface area contributed by atoms with Gasteiger partial charge in [-0.3, -0.25) is 9.78 Å². The van der Waals surface area contributed by atoms with Gasteiger partial charge in [-0.2, -0.15) is 0 Å². The topological polar surface area (TPSA) is 68.0 Å². The Morgan fingerprint density at radius 1 is 1.20 bits per heavy atom. The number of hydrogen-bond acceptors (Lipinski definition) is 3. The predicted molar refractivity (Wildman–Crippen MR) is 78.8 cm³/mol. The monoisotopic (exact) mass is 269 g/mol. The minimum atomic E-state index is -0.0907. The van der Waals surface area contributed by atoms with E-state index in [2.05, 4.69) is 10.3 Å². The molecule has 2 aromatic rings. The minimum Gasteiger partial charge on any atom is -0.348 e. The van der Waals surface area contributed by atoms with E-state index < -0.39 is 0 Å². The van der Waals surface area contributed by atoms with Crippen molar-refractivity contribution in [2.75, 3.05) is 0 Å². The maximum atomic E-state index is 12.0. The molecular formula is C16H19N3O. The fraction of sp³-hybridized carbons (Fsp3) is 0.250. The fourth-order valence-electron chi connectivity index (χ4n) is 1.98. The van der Waals surface area contributed by atoms with Crippen LogP contribution < -0.4 is 11.1 Å². The van der Waals surface area contributed by atoms with E-state index >= 15 is 0 Å².